The van der Waals surface area contributed by atoms with Gasteiger partial charge in [-0.05, 0) is 49.8 Å². The van der Waals surface area contributed by atoms with Crippen molar-refractivity contribution in [1.29, 1.82) is 0 Å². The summed E-state index contributed by atoms with van der Waals surface area (Å²) in [5.41, 5.74) is 7.48. The molecule has 0 saturated carbocycles. The zero-order valence-corrected chi connectivity index (χ0v) is 23.2. The lowest BCUT2D eigenvalue weighted by molar-refractivity contribution is 0.0707. The molecule has 2 aromatic heterocycles. The molecule has 1 aromatic carbocycles. The molecule has 3 aliphatic heterocycles. The largest absolute Gasteiger partial charge is 0.370 e. The van der Waals surface area contributed by atoms with E-state index in [2.05, 4.69) is 20.1 Å². The van der Waals surface area contributed by atoms with E-state index >= 15 is 0 Å². The number of nitrogens with two attached hydrogens (primary N) is 1. The van der Waals surface area contributed by atoms with E-state index in [1.54, 1.807) is 18.9 Å². The Hall–Kier alpha value is -3.71. The predicted molar refractivity (Wildman–Crippen MR) is 146 cm³/mol. The maximum atomic E-state index is 14.5. The predicted octanol–water partition coefficient (Wildman–Crippen LogP) is 2.97. The smallest absolute Gasteiger partial charge is 0.324 e. The molecule has 3 saturated heterocycles. The summed E-state index contributed by atoms with van der Waals surface area (Å²) in [4.78, 5) is 32.3. The Bertz CT molecular complexity index is 1390. The number of hydrogen-bond acceptors (Lipinski definition) is 10. The topological polar surface area (TPSA) is 127 Å². The summed E-state index contributed by atoms with van der Waals surface area (Å²) >= 11 is 0. The van der Waals surface area contributed by atoms with Crippen LogP contribution in [-0.2, 0) is 4.74 Å². The number of rotatable bonds is 6. The molecule has 218 valence electrons. The average molecular weight is 569 g/mol. The summed E-state index contributed by atoms with van der Waals surface area (Å²) < 4.78 is 39.4. The van der Waals surface area contributed by atoms with E-state index < -0.39 is 11.6 Å². The van der Waals surface area contributed by atoms with Crippen LogP contribution in [0.4, 0.5) is 20.7 Å². The van der Waals surface area contributed by atoms with Crippen molar-refractivity contribution in [2.24, 2.45) is 5.73 Å². The van der Waals surface area contributed by atoms with Crippen LogP contribution >= 0.6 is 0 Å². The van der Waals surface area contributed by atoms with Crippen molar-refractivity contribution in [3.8, 4) is 0 Å². The summed E-state index contributed by atoms with van der Waals surface area (Å²) in [7, 11) is 1.79. The minimum Gasteiger partial charge on any atom is -0.370 e. The number of piperidine rings is 1. The second-order valence-electron chi connectivity index (χ2n) is 11.1. The van der Waals surface area contributed by atoms with E-state index in [-0.39, 0.29) is 30.0 Å². The van der Waals surface area contributed by atoms with Gasteiger partial charge in [-0.25, -0.2) is 18.7 Å². The fourth-order valence-corrected chi connectivity index (χ4v) is 5.96. The van der Waals surface area contributed by atoms with Crippen LogP contribution in [0.1, 0.15) is 65.0 Å². The lowest BCUT2D eigenvalue weighted by Gasteiger charge is -2.35. The highest BCUT2D eigenvalue weighted by molar-refractivity contribution is 5.93. The Morgan fingerprint density at radius 1 is 1.07 bits per heavy atom. The Balaban J connectivity index is 1.05. The molecule has 3 aromatic rings. The van der Waals surface area contributed by atoms with E-state index in [0.717, 1.165) is 38.4 Å². The normalized spacial score (nSPS) is 23.4. The number of hydrogen-bond donors (Lipinski definition) is 1. The van der Waals surface area contributed by atoms with Gasteiger partial charge in [0.15, 0.2) is 0 Å². The van der Waals surface area contributed by atoms with Crippen molar-refractivity contribution in [2.45, 2.75) is 56.7 Å². The molecule has 13 heteroatoms. The Labute approximate surface area is 236 Å². The molecule has 0 aliphatic carbocycles. The van der Waals surface area contributed by atoms with Crippen LogP contribution < -0.4 is 15.5 Å². The molecule has 3 fully saturated rings. The first-order valence-electron chi connectivity index (χ1n) is 14.0. The monoisotopic (exact) mass is 568 g/mol. The Morgan fingerprint density at radius 3 is 2.54 bits per heavy atom. The van der Waals surface area contributed by atoms with Crippen LogP contribution in [0.25, 0.3) is 0 Å². The number of aryl methyl sites for hydroxylation is 1. The third-order valence-corrected chi connectivity index (χ3v) is 8.46. The lowest BCUT2D eigenvalue weighted by atomic mass is 9.93. The van der Waals surface area contributed by atoms with Gasteiger partial charge in [0.1, 0.15) is 17.7 Å². The van der Waals surface area contributed by atoms with E-state index in [4.69, 9.17) is 15.0 Å². The number of benzene rings is 1. The highest BCUT2D eigenvalue weighted by atomic mass is 19.1. The van der Waals surface area contributed by atoms with E-state index in [1.807, 2.05) is 9.80 Å². The van der Waals surface area contributed by atoms with Crippen LogP contribution in [0.15, 0.2) is 29.0 Å². The fraction of sp³-hybridized carbons (Fsp3) is 0.536. The number of ether oxygens (including phenoxy) is 1. The fourth-order valence-electron chi connectivity index (χ4n) is 5.96. The molecule has 0 spiro atoms. The van der Waals surface area contributed by atoms with Gasteiger partial charge in [0.05, 0.1) is 5.56 Å². The highest BCUT2D eigenvalue weighted by Gasteiger charge is 2.35. The first kappa shape index (κ1) is 27.5. The van der Waals surface area contributed by atoms with Crippen molar-refractivity contribution in [3.63, 3.8) is 0 Å². The van der Waals surface area contributed by atoms with Crippen LogP contribution in [0.5, 0.6) is 0 Å². The molecule has 6 rings (SSSR count). The maximum absolute atomic E-state index is 14.5. The summed E-state index contributed by atoms with van der Waals surface area (Å²) in [6.07, 6.45) is 6.36. The van der Waals surface area contributed by atoms with Crippen LogP contribution in [0.2, 0.25) is 0 Å². The van der Waals surface area contributed by atoms with Gasteiger partial charge in [0, 0.05) is 76.3 Å². The summed E-state index contributed by atoms with van der Waals surface area (Å²) in [5, 5.41) is 4.09. The molecule has 3 atom stereocenters. The zero-order chi connectivity index (χ0) is 28.7. The molecule has 0 radical (unpaired) electrons. The van der Waals surface area contributed by atoms with Gasteiger partial charge in [0.2, 0.25) is 11.8 Å². The molecular formula is C28H34F2N8O3. The molecule has 0 bridgehead atoms. The molecule has 5 heterocycles. The van der Waals surface area contributed by atoms with Crippen LogP contribution in [0.3, 0.4) is 0 Å². The number of carbonyl (C=O) groups is 1. The third-order valence-electron chi connectivity index (χ3n) is 8.46. The van der Waals surface area contributed by atoms with E-state index in [9.17, 15) is 13.6 Å². The number of amides is 1. The quantitative estimate of drug-likeness (QED) is 0.474. The van der Waals surface area contributed by atoms with Gasteiger partial charge >= 0.3 is 6.01 Å². The number of carbonyl (C=O) groups excluding carboxylic acids is 1. The Kier molecular flexibility index (Phi) is 7.56. The number of anilines is 2. The van der Waals surface area contributed by atoms with Crippen LogP contribution in [-0.4, -0.2) is 82.8 Å². The molecular weight excluding hydrogens is 534 g/mol. The number of nitrogens with zero attached hydrogens (tertiary/aromatic N) is 7. The SMILES string of the molecule is Cc1cc([C@H]2CN(c3ncc(C(=O)N(C)C4CCN(c5nc([C@@H]6CCCO6)no5)CC4)cn3)C[C@@H]2N)c(F)cc1F. The van der Waals surface area contributed by atoms with Crippen molar-refractivity contribution >= 4 is 17.9 Å². The van der Waals surface area contributed by atoms with E-state index in [0.29, 0.717) is 60.7 Å². The second-order valence-corrected chi connectivity index (χ2v) is 11.1. The molecule has 3 aliphatic rings. The van der Waals surface area contributed by atoms with Gasteiger partial charge < -0.3 is 29.7 Å². The molecule has 1 amide bonds. The summed E-state index contributed by atoms with van der Waals surface area (Å²) in [6, 6.07) is 2.60. The minimum atomic E-state index is -0.605. The average Bonchev–Trinajstić information content (AvgIpc) is 3.76. The molecule has 11 nitrogen and oxygen atoms in total. The van der Waals surface area contributed by atoms with Crippen molar-refractivity contribution in [1.82, 2.24) is 25.0 Å². The van der Waals surface area contributed by atoms with Gasteiger partial charge in [-0.15, -0.1) is 0 Å². The molecule has 0 unspecified atom stereocenters. The number of aromatic nitrogens is 4. The van der Waals surface area contributed by atoms with E-state index in [1.165, 1.54) is 18.5 Å². The molecule has 41 heavy (non-hydrogen) atoms. The zero-order valence-electron chi connectivity index (χ0n) is 23.2. The van der Waals surface area contributed by atoms with Crippen LogP contribution in [0, 0.1) is 18.6 Å². The first-order valence-corrected chi connectivity index (χ1v) is 14.0. The maximum Gasteiger partial charge on any atom is 0.324 e. The third kappa shape index (κ3) is 5.47. The lowest BCUT2D eigenvalue weighted by Crippen LogP contribution is -2.45. The number of halogens is 2. The second kappa shape index (κ2) is 11.3. The minimum absolute atomic E-state index is 0.0467. The summed E-state index contributed by atoms with van der Waals surface area (Å²) in [5.74, 6) is -0.661. The van der Waals surface area contributed by atoms with Gasteiger partial charge in [0.25, 0.3) is 5.91 Å². The van der Waals surface area contributed by atoms with Crippen molar-refractivity contribution < 1.29 is 22.8 Å². The van der Waals surface area contributed by atoms with Gasteiger partial charge in [-0.2, -0.15) is 4.98 Å². The standard InChI is InChI=1S/C28H34F2N8O3/c1-16-10-19(22(30)11-21(16)29)20-14-38(15-23(20)31)27-32-12-17(13-33-27)26(39)36(2)18-5-7-37(8-6-18)28-34-25(35-41-28)24-4-3-9-40-24/h10-13,18,20,23-24H,3-9,14-15,31H2,1-2H3/t20-,23+,24+/m1/s1. The van der Waals surface area contributed by atoms with Crippen molar-refractivity contribution in [3.05, 3.63) is 58.7 Å². The van der Waals surface area contributed by atoms with Gasteiger partial charge in [-0.1, -0.05) is 5.16 Å². The molecule has 2 N–H and O–H groups in total. The highest BCUT2D eigenvalue weighted by Crippen LogP contribution is 2.32. The van der Waals surface area contributed by atoms with Gasteiger partial charge in [-0.3, -0.25) is 4.79 Å². The summed E-state index contributed by atoms with van der Waals surface area (Å²) in [6.45, 7) is 4.52. The van der Waals surface area contributed by atoms with Crippen molar-refractivity contribution in [2.75, 3.05) is 49.6 Å². The first-order chi connectivity index (χ1) is 19.8. The Morgan fingerprint density at radius 2 is 1.83 bits per heavy atom.